The molecule has 1 rings (SSSR count). The van der Waals surface area contributed by atoms with E-state index in [9.17, 15) is 12.9 Å². The number of rotatable bonds is 5. The van der Waals surface area contributed by atoms with E-state index in [1.807, 2.05) is 0 Å². The van der Waals surface area contributed by atoms with Gasteiger partial charge in [-0.1, -0.05) is 19.3 Å². The van der Waals surface area contributed by atoms with Gasteiger partial charge in [0.25, 0.3) is 0 Å². The highest BCUT2D eigenvalue weighted by Crippen LogP contribution is 2.29. The molecular formula is C7H13BF3O-. The molecule has 72 valence electrons. The standard InChI is InChI=1S/C7H13BF3O/c9-8(10,11)6-12-5-4-7-2-1-3-7/h7H,1-6H2/q-1. The van der Waals surface area contributed by atoms with E-state index in [2.05, 4.69) is 4.74 Å². The van der Waals surface area contributed by atoms with Crippen molar-refractivity contribution in [1.29, 1.82) is 0 Å². The number of hydrogen-bond acceptors (Lipinski definition) is 1. The Labute approximate surface area is 70.3 Å². The Hall–Kier alpha value is -0.185. The van der Waals surface area contributed by atoms with E-state index in [1.165, 1.54) is 19.3 Å². The first-order chi connectivity index (χ1) is 5.58. The van der Waals surface area contributed by atoms with Crippen LogP contribution in [-0.2, 0) is 4.74 Å². The summed E-state index contributed by atoms with van der Waals surface area (Å²) in [6.07, 6.45) is 4.36. The summed E-state index contributed by atoms with van der Waals surface area (Å²) in [5.41, 5.74) is 0. The smallest absolute Gasteiger partial charge is 0.447 e. The fourth-order valence-corrected chi connectivity index (χ4v) is 1.25. The van der Waals surface area contributed by atoms with Gasteiger partial charge in [-0.05, 0) is 12.3 Å². The molecule has 1 aliphatic carbocycles. The third-order valence-electron chi connectivity index (χ3n) is 2.20. The van der Waals surface area contributed by atoms with Gasteiger partial charge in [0.1, 0.15) is 0 Å². The highest BCUT2D eigenvalue weighted by molar-refractivity contribution is 6.58. The van der Waals surface area contributed by atoms with Crippen LogP contribution in [-0.4, -0.2) is 20.1 Å². The van der Waals surface area contributed by atoms with E-state index in [0.717, 1.165) is 6.42 Å². The minimum Gasteiger partial charge on any atom is -0.447 e. The van der Waals surface area contributed by atoms with Crippen LogP contribution < -0.4 is 0 Å². The second-order valence-electron chi connectivity index (χ2n) is 3.37. The lowest BCUT2D eigenvalue weighted by atomic mass is 9.83. The lowest BCUT2D eigenvalue weighted by Gasteiger charge is -2.25. The number of ether oxygens (including phenoxy) is 1. The van der Waals surface area contributed by atoms with Crippen molar-refractivity contribution in [3.8, 4) is 0 Å². The maximum absolute atomic E-state index is 11.6. The number of hydrogen-bond donors (Lipinski definition) is 0. The third kappa shape index (κ3) is 4.00. The van der Waals surface area contributed by atoms with Gasteiger partial charge in [-0.25, -0.2) is 0 Å². The first-order valence-corrected chi connectivity index (χ1v) is 4.36. The second kappa shape index (κ2) is 4.17. The van der Waals surface area contributed by atoms with Gasteiger partial charge in [0.2, 0.25) is 0 Å². The topological polar surface area (TPSA) is 9.23 Å². The van der Waals surface area contributed by atoms with Crippen LogP contribution in [0.2, 0.25) is 0 Å². The predicted octanol–water partition coefficient (Wildman–Crippen LogP) is 2.58. The molecule has 5 heteroatoms. The Bertz CT molecular complexity index is 133. The van der Waals surface area contributed by atoms with E-state index < -0.39 is 13.5 Å². The molecule has 1 nitrogen and oxygen atoms in total. The lowest BCUT2D eigenvalue weighted by Crippen LogP contribution is -2.25. The summed E-state index contributed by atoms with van der Waals surface area (Å²) < 4.78 is 39.3. The van der Waals surface area contributed by atoms with E-state index in [0.29, 0.717) is 5.92 Å². The van der Waals surface area contributed by atoms with Gasteiger partial charge >= 0.3 is 6.98 Å². The Morgan fingerprint density at radius 3 is 2.33 bits per heavy atom. The molecule has 1 fully saturated rings. The SMILES string of the molecule is F[B-](F)(F)COCCC1CCC1. The molecule has 1 saturated carbocycles. The summed E-state index contributed by atoms with van der Waals surface area (Å²) >= 11 is 0. The van der Waals surface area contributed by atoms with Gasteiger partial charge in [-0.15, -0.1) is 0 Å². The molecule has 0 aliphatic heterocycles. The first kappa shape index (κ1) is 9.90. The van der Waals surface area contributed by atoms with Crippen LogP contribution in [0.15, 0.2) is 0 Å². The Kier molecular flexibility index (Phi) is 3.44. The minimum absolute atomic E-state index is 0.270. The van der Waals surface area contributed by atoms with Gasteiger partial charge < -0.3 is 17.7 Å². The summed E-state index contributed by atoms with van der Waals surface area (Å²) in [6.45, 7) is -5.51. The summed E-state index contributed by atoms with van der Waals surface area (Å²) in [7, 11) is 0. The number of halogens is 3. The molecule has 0 saturated heterocycles. The zero-order valence-corrected chi connectivity index (χ0v) is 6.94. The molecule has 12 heavy (non-hydrogen) atoms. The molecule has 0 radical (unpaired) electrons. The molecule has 0 atom stereocenters. The van der Waals surface area contributed by atoms with Crippen LogP contribution in [0.25, 0.3) is 0 Å². The highest BCUT2D eigenvalue weighted by Gasteiger charge is 2.23. The Balaban J connectivity index is 1.88. The molecule has 0 amide bonds. The van der Waals surface area contributed by atoms with Gasteiger partial charge in [-0.2, -0.15) is 0 Å². The minimum atomic E-state index is -4.74. The average molecular weight is 181 g/mol. The van der Waals surface area contributed by atoms with E-state index >= 15 is 0 Å². The molecule has 0 N–H and O–H groups in total. The van der Waals surface area contributed by atoms with Crippen molar-refractivity contribution >= 4 is 6.98 Å². The van der Waals surface area contributed by atoms with E-state index in [4.69, 9.17) is 0 Å². The monoisotopic (exact) mass is 181 g/mol. The Morgan fingerprint density at radius 1 is 1.25 bits per heavy atom. The van der Waals surface area contributed by atoms with Crippen LogP contribution in [0, 0.1) is 5.92 Å². The Morgan fingerprint density at radius 2 is 1.92 bits per heavy atom. The molecule has 0 aromatic heterocycles. The molecule has 0 aromatic carbocycles. The average Bonchev–Trinajstić information content (AvgIpc) is 1.80. The van der Waals surface area contributed by atoms with Gasteiger partial charge in [-0.3, -0.25) is 0 Å². The van der Waals surface area contributed by atoms with Crippen molar-refractivity contribution in [3.63, 3.8) is 0 Å². The van der Waals surface area contributed by atoms with Crippen molar-refractivity contribution < 1.29 is 17.7 Å². The third-order valence-corrected chi connectivity index (χ3v) is 2.20. The van der Waals surface area contributed by atoms with Gasteiger partial charge in [0, 0.05) is 13.1 Å². The normalized spacial score (nSPS) is 19.2. The second-order valence-corrected chi connectivity index (χ2v) is 3.37. The van der Waals surface area contributed by atoms with Crippen molar-refractivity contribution in [2.24, 2.45) is 5.92 Å². The van der Waals surface area contributed by atoms with Crippen LogP contribution >= 0.6 is 0 Å². The summed E-state index contributed by atoms with van der Waals surface area (Å²) in [5, 5.41) is 0. The molecule has 1 aliphatic rings. The van der Waals surface area contributed by atoms with Crippen molar-refractivity contribution in [3.05, 3.63) is 0 Å². The summed E-state index contributed by atoms with van der Waals surface area (Å²) in [4.78, 5) is 0. The van der Waals surface area contributed by atoms with Crippen LogP contribution in [0.4, 0.5) is 12.9 Å². The molecular weight excluding hydrogens is 168 g/mol. The fraction of sp³-hybridized carbons (Fsp3) is 1.00. The highest BCUT2D eigenvalue weighted by atomic mass is 19.4. The van der Waals surface area contributed by atoms with Crippen molar-refractivity contribution in [2.75, 3.05) is 13.1 Å². The zero-order valence-electron chi connectivity index (χ0n) is 6.94. The van der Waals surface area contributed by atoms with Gasteiger partial charge in [0.05, 0.1) is 0 Å². The fourth-order valence-electron chi connectivity index (χ4n) is 1.25. The van der Waals surface area contributed by atoms with E-state index in [1.54, 1.807) is 0 Å². The zero-order chi connectivity index (χ0) is 9.03. The van der Waals surface area contributed by atoms with Crippen LogP contribution in [0.1, 0.15) is 25.7 Å². The molecule has 0 bridgehead atoms. The maximum atomic E-state index is 11.6. The van der Waals surface area contributed by atoms with Crippen LogP contribution in [0.5, 0.6) is 0 Å². The molecule has 0 aromatic rings. The van der Waals surface area contributed by atoms with Crippen LogP contribution in [0.3, 0.4) is 0 Å². The first-order valence-electron chi connectivity index (χ1n) is 4.36. The van der Waals surface area contributed by atoms with Crippen molar-refractivity contribution in [2.45, 2.75) is 25.7 Å². The largest absolute Gasteiger partial charge is 0.503 e. The summed E-state index contributed by atoms with van der Waals surface area (Å²) in [6, 6.07) is 0. The quantitative estimate of drug-likeness (QED) is 0.467. The maximum Gasteiger partial charge on any atom is 0.503 e. The molecule has 0 spiro atoms. The molecule has 0 unspecified atom stereocenters. The molecule has 0 heterocycles. The van der Waals surface area contributed by atoms with Crippen molar-refractivity contribution in [1.82, 2.24) is 0 Å². The predicted molar refractivity (Wildman–Crippen MR) is 41.9 cm³/mol. The van der Waals surface area contributed by atoms with E-state index in [-0.39, 0.29) is 6.61 Å². The van der Waals surface area contributed by atoms with Gasteiger partial charge in [0.15, 0.2) is 0 Å². The summed E-state index contributed by atoms with van der Waals surface area (Å²) in [5.74, 6) is 0.630. The lowest BCUT2D eigenvalue weighted by molar-refractivity contribution is 0.120.